The predicted octanol–water partition coefficient (Wildman–Crippen LogP) is 0.747. The van der Waals surface area contributed by atoms with Crippen LogP contribution >= 0.6 is 11.3 Å². The topological polar surface area (TPSA) is 61.4 Å². The molecule has 104 valence electrons. The summed E-state index contributed by atoms with van der Waals surface area (Å²) < 4.78 is 0. The highest BCUT2D eigenvalue weighted by Gasteiger charge is 2.24. The second-order valence-corrected chi connectivity index (χ2v) is 5.38. The van der Waals surface area contributed by atoms with Crippen LogP contribution in [0.5, 0.6) is 0 Å². The summed E-state index contributed by atoms with van der Waals surface area (Å²) >= 11 is 1.65. The number of nitrogens with zero attached hydrogens (tertiary/aromatic N) is 1. The highest BCUT2D eigenvalue weighted by atomic mass is 32.1. The van der Waals surface area contributed by atoms with E-state index in [1.807, 2.05) is 5.38 Å². The Kier molecular flexibility index (Phi) is 4.93. The SMILES string of the molecule is CNC(=O)C(=O)NC[C@@H](c1ccsc1)N1CCCC1. The van der Waals surface area contributed by atoms with Crippen molar-refractivity contribution in [3.05, 3.63) is 22.4 Å². The molecule has 19 heavy (non-hydrogen) atoms. The zero-order valence-electron chi connectivity index (χ0n) is 11.0. The van der Waals surface area contributed by atoms with Crippen molar-refractivity contribution < 1.29 is 9.59 Å². The number of amides is 2. The Balaban J connectivity index is 1.98. The van der Waals surface area contributed by atoms with Gasteiger partial charge in [0.25, 0.3) is 0 Å². The normalized spacial score (nSPS) is 17.1. The Morgan fingerprint density at radius 1 is 1.37 bits per heavy atom. The molecular weight excluding hydrogens is 262 g/mol. The van der Waals surface area contributed by atoms with Crippen LogP contribution in [0.4, 0.5) is 0 Å². The minimum Gasteiger partial charge on any atom is -0.351 e. The van der Waals surface area contributed by atoms with Crippen LogP contribution in [0.3, 0.4) is 0 Å². The van der Waals surface area contributed by atoms with Gasteiger partial charge in [-0.2, -0.15) is 11.3 Å². The maximum Gasteiger partial charge on any atom is 0.309 e. The monoisotopic (exact) mass is 281 g/mol. The standard InChI is InChI=1S/C13H19N3O2S/c1-14-12(17)13(18)15-8-11(10-4-7-19-9-10)16-5-2-3-6-16/h4,7,9,11H,2-3,5-6,8H2,1H3,(H,14,17)(H,15,18)/t11-/m0/s1. The molecule has 1 saturated heterocycles. The number of carbonyl (C=O) groups excluding carboxylic acids is 2. The Hall–Kier alpha value is -1.40. The van der Waals surface area contributed by atoms with Crippen LogP contribution in [0.15, 0.2) is 16.8 Å². The number of rotatable bonds is 4. The first kappa shape index (κ1) is 14.0. The van der Waals surface area contributed by atoms with E-state index in [0.29, 0.717) is 6.54 Å². The van der Waals surface area contributed by atoms with Gasteiger partial charge in [-0.25, -0.2) is 0 Å². The van der Waals surface area contributed by atoms with Crippen molar-refractivity contribution in [3.8, 4) is 0 Å². The van der Waals surface area contributed by atoms with Crippen molar-refractivity contribution in [3.63, 3.8) is 0 Å². The zero-order valence-corrected chi connectivity index (χ0v) is 11.8. The summed E-state index contributed by atoms with van der Waals surface area (Å²) in [5.41, 5.74) is 1.21. The Labute approximate surface area is 117 Å². The molecule has 1 aliphatic heterocycles. The van der Waals surface area contributed by atoms with Crippen molar-refractivity contribution in [2.45, 2.75) is 18.9 Å². The molecule has 0 aliphatic carbocycles. The van der Waals surface area contributed by atoms with E-state index < -0.39 is 11.8 Å². The van der Waals surface area contributed by atoms with E-state index in [4.69, 9.17) is 0 Å². The number of carbonyl (C=O) groups is 2. The van der Waals surface area contributed by atoms with Gasteiger partial charge in [0.15, 0.2) is 0 Å². The van der Waals surface area contributed by atoms with Crippen LogP contribution in [-0.4, -0.2) is 43.4 Å². The maximum atomic E-state index is 11.5. The van der Waals surface area contributed by atoms with E-state index in [1.165, 1.54) is 25.5 Å². The number of nitrogens with one attached hydrogen (secondary N) is 2. The van der Waals surface area contributed by atoms with Crippen LogP contribution < -0.4 is 10.6 Å². The molecule has 0 aromatic carbocycles. The summed E-state index contributed by atoms with van der Waals surface area (Å²) in [4.78, 5) is 25.1. The van der Waals surface area contributed by atoms with Gasteiger partial charge in [0.05, 0.1) is 6.04 Å². The molecule has 1 aromatic rings. The third-order valence-electron chi connectivity index (χ3n) is 3.40. The van der Waals surface area contributed by atoms with Gasteiger partial charge in [-0.15, -0.1) is 0 Å². The fraction of sp³-hybridized carbons (Fsp3) is 0.538. The third kappa shape index (κ3) is 3.54. The van der Waals surface area contributed by atoms with Crippen molar-refractivity contribution in [2.75, 3.05) is 26.7 Å². The van der Waals surface area contributed by atoms with Crippen LogP contribution in [0, 0.1) is 0 Å². The highest BCUT2D eigenvalue weighted by Crippen LogP contribution is 2.26. The molecule has 1 aromatic heterocycles. The van der Waals surface area contributed by atoms with Gasteiger partial charge in [0.1, 0.15) is 0 Å². The van der Waals surface area contributed by atoms with Gasteiger partial charge >= 0.3 is 11.8 Å². The van der Waals surface area contributed by atoms with Crippen LogP contribution in [0.25, 0.3) is 0 Å². The Bertz CT molecular complexity index is 427. The Morgan fingerprint density at radius 3 is 2.68 bits per heavy atom. The zero-order chi connectivity index (χ0) is 13.7. The smallest absolute Gasteiger partial charge is 0.309 e. The molecule has 0 saturated carbocycles. The van der Waals surface area contributed by atoms with Gasteiger partial charge in [0, 0.05) is 13.6 Å². The highest BCUT2D eigenvalue weighted by molar-refractivity contribution is 7.07. The average Bonchev–Trinajstić information content (AvgIpc) is 3.11. The molecule has 0 radical (unpaired) electrons. The first-order chi connectivity index (χ1) is 9.22. The lowest BCUT2D eigenvalue weighted by Crippen LogP contribution is -2.42. The third-order valence-corrected chi connectivity index (χ3v) is 4.10. The summed E-state index contributed by atoms with van der Waals surface area (Å²) in [5, 5.41) is 9.19. The minimum atomic E-state index is -0.592. The maximum absolute atomic E-state index is 11.5. The van der Waals surface area contributed by atoms with Crippen molar-refractivity contribution in [1.29, 1.82) is 0 Å². The second-order valence-electron chi connectivity index (χ2n) is 4.60. The lowest BCUT2D eigenvalue weighted by atomic mass is 10.1. The molecule has 2 rings (SSSR count). The van der Waals surface area contributed by atoms with Crippen molar-refractivity contribution >= 4 is 23.2 Å². The molecule has 0 unspecified atom stereocenters. The molecule has 2 amide bonds. The second kappa shape index (κ2) is 6.68. The van der Waals surface area contributed by atoms with Crippen LogP contribution in [0.2, 0.25) is 0 Å². The lowest BCUT2D eigenvalue weighted by Gasteiger charge is -2.27. The quantitative estimate of drug-likeness (QED) is 0.801. The van der Waals surface area contributed by atoms with E-state index in [0.717, 1.165) is 13.1 Å². The van der Waals surface area contributed by atoms with Crippen LogP contribution in [0.1, 0.15) is 24.4 Å². The largest absolute Gasteiger partial charge is 0.351 e. The molecule has 0 bridgehead atoms. The fourth-order valence-corrected chi connectivity index (χ4v) is 3.07. The lowest BCUT2D eigenvalue weighted by molar-refractivity contribution is -0.139. The van der Waals surface area contributed by atoms with E-state index in [-0.39, 0.29) is 6.04 Å². The Morgan fingerprint density at radius 2 is 2.11 bits per heavy atom. The van der Waals surface area contributed by atoms with Gasteiger partial charge in [-0.1, -0.05) is 0 Å². The number of hydrogen-bond donors (Lipinski definition) is 2. The molecule has 5 nitrogen and oxygen atoms in total. The number of thiophene rings is 1. The summed E-state index contributed by atoms with van der Waals surface area (Å²) in [6.45, 7) is 2.58. The van der Waals surface area contributed by atoms with Crippen molar-refractivity contribution in [1.82, 2.24) is 15.5 Å². The molecule has 1 atom stereocenters. The van der Waals surface area contributed by atoms with Gasteiger partial charge < -0.3 is 10.6 Å². The summed E-state index contributed by atoms with van der Waals surface area (Å²) in [6, 6.07) is 2.25. The molecule has 2 N–H and O–H groups in total. The van der Waals surface area contributed by atoms with E-state index in [2.05, 4.69) is 27.0 Å². The molecule has 1 aliphatic rings. The predicted molar refractivity (Wildman–Crippen MR) is 74.9 cm³/mol. The first-order valence-corrected chi connectivity index (χ1v) is 7.42. The summed E-state index contributed by atoms with van der Waals surface area (Å²) in [6.07, 6.45) is 2.40. The molecule has 2 heterocycles. The van der Waals surface area contributed by atoms with Crippen molar-refractivity contribution in [2.24, 2.45) is 0 Å². The first-order valence-electron chi connectivity index (χ1n) is 6.48. The van der Waals surface area contributed by atoms with E-state index in [9.17, 15) is 9.59 Å². The molecule has 0 spiro atoms. The van der Waals surface area contributed by atoms with Crippen LogP contribution in [-0.2, 0) is 9.59 Å². The molecule has 1 fully saturated rings. The van der Waals surface area contributed by atoms with E-state index >= 15 is 0 Å². The number of likely N-dealkylation sites (tertiary alicyclic amines) is 1. The van der Waals surface area contributed by atoms with Gasteiger partial charge in [0.2, 0.25) is 0 Å². The van der Waals surface area contributed by atoms with Gasteiger partial charge in [-0.05, 0) is 48.3 Å². The molecule has 6 heteroatoms. The number of hydrogen-bond acceptors (Lipinski definition) is 4. The number of likely N-dealkylation sites (N-methyl/N-ethyl adjacent to an activating group) is 1. The summed E-state index contributed by atoms with van der Waals surface area (Å²) in [5.74, 6) is -1.16. The minimum absolute atomic E-state index is 0.169. The molecular formula is C13H19N3O2S. The fourth-order valence-electron chi connectivity index (χ4n) is 2.36. The van der Waals surface area contributed by atoms with E-state index in [1.54, 1.807) is 11.3 Å². The summed E-state index contributed by atoms with van der Waals surface area (Å²) in [7, 11) is 1.46. The van der Waals surface area contributed by atoms with Gasteiger partial charge in [-0.3, -0.25) is 14.5 Å². The average molecular weight is 281 g/mol.